The van der Waals surface area contributed by atoms with Gasteiger partial charge in [-0.05, 0) is 42.2 Å². The number of carbonyl (C=O) groups excluding carboxylic acids is 2. The summed E-state index contributed by atoms with van der Waals surface area (Å²) in [5.41, 5.74) is 9.57. The number of esters is 1. The predicted molar refractivity (Wildman–Crippen MR) is 114 cm³/mol. The van der Waals surface area contributed by atoms with Crippen molar-refractivity contribution < 1.29 is 14.3 Å². The van der Waals surface area contributed by atoms with Crippen LogP contribution in [0, 0.1) is 11.3 Å². The van der Waals surface area contributed by atoms with Crippen molar-refractivity contribution in [3.63, 3.8) is 0 Å². The van der Waals surface area contributed by atoms with Gasteiger partial charge in [0.05, 0.1) is 12.2 Å². The zero-order chi connectivity index (χ0) is 21.0. The quantitative estimate of drug-likeness (QED) is 0.598. The molecule has 3 aromatic rings. The Morgan fingerprint density at radius 3 is 2.03 bits per heavy atom. The van der Waals surface area contributed by atoms with E-state index in [0.29, 0.717) is 28.0 Å². The summed E-state index contributed by atoms with van der Waals surface area (Å²) < 4.78 is 5.20. The van der Waals surface area contributed by atoms with Gasteiger partial charge in [0, 0.05) is 16.0 Å². The molecule has 1 amide bonds. The van der Waals surface area contributed by atoms with E-state index in [9.17, 15) is 14.9 Å². The van der Waals surface area contributed by atoms with E-state index in [0.717, 1.165) is 21.6 Å². The van der Waals surface area contributed by atoms with Crippen LogP contribution in [0.1, 0.15) is 44.3 Å². The number of benzene rings is 2. The molecule has 1 aromatic heterocycles. The van der Waals surface area contributed by atoms with Crippen LogP contribution in [0.25, 0.3) is 22.3 Å². The van der Waals surface area contributed by atoms with E-state index < -0.39 is 11.9 Å². The van der Waals surface area contributed by atoms with Gasteiger partial charge in [0.1, 0.15) is 10.9 Å². The Morgan fingerprint density at radius 1 is 1.00 bits per heavy atom. The largest absolute Gasteiger partial charge is 0.462 e. The minimum Gasteiger partial charge on any atom is -0.462 e. The Hall–Kier alpha value is -3.43. The molecule has 3 rings (SSSR count). The number of nitrogens with two attached hydrogens (primary N) is 1. The van der Waals surface area contributed by atoms with Crippen LogP contribution in [0.3, 0.4) is 0 Å². The topological polar surface area (TPSA) is 93.2 Å². The fourth-order valence-electron chi connectivity index (χ4n) is 3.12. The molecule has 0 aliphatic rings. The molecule has 0 aliphatic carbocycles. The first-order chi connectivity index (χ1) is 14.0. The number of amides is 1. The Morgan fingerprint density at radius 2 is 1.55 bits per heavy atom. The fraction of sp³-hybridized carbons (Fsp3) is 0.174. The molecule has 2 N–H and O–H groups in total. The summed E-state index contributed by atoms with van der Waals surface area (Å²) in [6, 6.07) is 16.9. The van der Waals surface area contributed by atoms with E-state index >= 15 is 0 Å². The van der Waals surface area contributed by atoms with Gasteiger partial charge in [-0.3, -0.25) is 4.79 Å². The summed E-state index contributed by atoms with van der Waals surface area (Å²) in [5, 5.41) is 9.69. The number of aryl methyl sites for hydroxylation is 1. The molecule has 29 heavy (non-hydrogen) atoms. The molecule has 0 unspecified atom stereocenters. The molecule has 0 fully saturated rings. The van der Waals surface area contributed by atoms with Gasteiger partial charge in [-0.1, -0.05) is 43.3 Å². The summed E-state index contributed by atoms with van der Waals surface area (Å²) in [7, 11) is 0. The number of hydrogen-bond acceptors (Lipinski definition) is 5. The zero-order valence-corrected chi connectivity index (χ0v) is 17.0. The first kappa shape index (κ1) is 20.3. The third-order valence-electron chi connectivity index (χ3n) is 4.55. The molecule has 6 heteroatoms. The van der Waals surface area contributed by atoms with Gasteiger partial charge in [0.15, 0.2) is 0 Å². The van der Waals surface area contributed by atoms with E-state index in [1.54, 1.807) is 19.1 Å². The van der Waals surface area contributed by atoms with E-state index in [-0.39, 0.29) is 6.61 Å². The Bertz CT molecular complexity index is 1090. The van der Waals surface area contributed by atoms with Crippen molar-refractivity contribution in [2.75, 3.05) is 6.61 Å². The van der Waals surface area contributed by atoms with Crippen molar-refractivity contribution in [2.24, 2.45) is 5.73 Å². The third-order valence-corrected chi connectivity index (χ3v) is 5.87. The summed E-state index contributed by atoms with van der Waals surface area (Å²) in [6.07, 6.45) is 0.671. The maximum Gasteiger partial charge on any atom is 0.348 e. The van der Waals surface area contributed by atoms with Crippen LogP contribution in [0.4, 0.5) is 0 Å². The normalized spacial score (nSPS) is 10.4. The Labute approximate surface area is 173 Å². The predicted octanol–water partition coefficient (Wildman–Crippen LogP) is 4.79. The van der Waals surface area contributed by atoms with Gasteiger partial charge in [-0.15, -0.1) is 11.3 Å². The van der Waals surface area contributed by atoms with E-state index in [1.807, 2.05) is 43.3 Å². The highest BCUT2D eigenvalue weighted by atomic mass is 32.1. The Kier molecular flexibility index (Phi) is 6.10. The van der Waals surface area contributed by atoms with Gasteiger partial charge in [-0.2, -0.15) is 5.26 Å². The van der Waals surface area contributed by atoms with E-state index in [2.05, 4.69) is 6.07 Å². The molecular formula is C23H20N2O3S. The van der Waals surface area contributed by atoms with Crippen LogP contribution in [0.5, 0.6) is 0 Å². The van der Waals surface area contributed by atoms with Crippen LogP contribution in [0.15, 0.2) is 48.5 Å². The minimum atomic E-state index is -0.466. The number of thiophene rings is 1. The highest BCUT2D eigenvalue weighted by molar-refractivity contribution is 7.14. The van der Waals surface area contributed by atoms with Crippen LogP contribution in [-0.4, -0.2) is 18.5 Å². The lowest BCUT2D eigenvalue weighted by Gasteiger charge is -2.07. The van der Waals surface area contributed by atoms with Gasteiger partial charge in [0.25, 0.3) is 0 Å². The van der Waals surface area contributed by atoms with Crippen molar-refractivity contribution in [2.45, 2.75) is 20.3 Å². The standard InChI is InChI=1S/C23H20N2O3S/c1-3-19-18(13-24)20(21(29-19)23(27)28-4-2)16-9-5-14(6-10-16)15-7-11-17(12-8-15)22(25)26/h5-12H,3-4H2,1-2H3,(H2,25,26). The number of nitrogens with zero attached hydrogens (tertiary/aromatic N) is 1. The van der Waals surface area contributed by atoms with Crippen LogP contribution < -0.4 is 5.73 Å². The molecule has 146 valence electrons. The summed E-state index contributed by atoms with van der Waals surface area (Å²) in [5.74, 6) is -0.874. The van der Waals surface area contributed by atoms with Crippen molar-refractivity contribution in [1.29, 1.82) is 5.26 Å². The molecule has 0 atom stereocenters. The lowest BCUT2D eigenvalue weighted by molar-refractivity contribution is 0.0532. The third kappa shape index (κ3) is 4.05. The smallest absolute Gasteiger partial charge is 0.348 e. The van der Waals surface area contributed by atoms with Crippen molar-refractivity contribution in [3.8, 4) is 28.3 Å². The first-order valence-electron chi connectivity index (χ1n) is 9.23. The van der Waals surface area contributed by atoms with Gasteiger partial charge in [0.2, 0.25) is 5.91 Å². The lowest BCUT2D eigenvalue weighted by atomic mass is 9.97. The van der Waals surface area contributed by atoms with Gasteiger partial charge >= 0.3 is 5.97 Å². The lowest BCUT2D eigenvalue weighted by Crippen LogP contribution is -2.10. The highest BCUT2D eigenvalue weighted by Crippen LogP contribution is 2.38. The summed E-state index contributed by atoms with van der Waals surface area (Å²) in [4.78, 5) is 25.0. The molecule has 0 radical (unpaired) electrons. The molecule has 0 saturated carbocycles. The summed E-state index contributed by atoms with van der Waals surface area (Å²) in [6.45, 7) is 4.00. The second-order valence-corrected chi connectivity index (χ2v) is 7.41. The highest BCUT2D eigenvalue weighted by Gasteiger charge is 2.24. The van der Waals surface area contributed by atoms with E-state index in [4.69, 9.17) is 10.5 Å². The second kappa shape index (κ2) is 8.72. The van der Waals surface area contributed by atoms with Crippen molar-refractivity contribution in [1.82, 2.24) is 0 Å². The molecule has 0 aliphatic heterocycles. The molecule has 1 heterocycles. The number of hydrogen-bond donors (Lipinski definition) is 1. The maximum absolute atomic E-state index is 12.5. The van der Waals surface area contributed by atoms with Crippen molar-refractivity contribution in [3.05, 3.63) is 69.4 Å². The SMILES string of the molecule is CCOC(=O)c1sc(CC)c(C#N)c1-c1ccc(-c2ccc(C(N)=O)cc2)cc1. The van der Waals surface area contributed by atoms with E-state index in [1.165, 1.54) is 11.3 Å². The molecule has 0 bridgehead atoms. The number of nitriles is 1. The first-order valence-corrected chi connectivity index (χ1v) is 10.0. The van der Waals surface area contributed by atoms with Crippen LogP contribution in [-0.2, 0) is 11.2 Å². The zero-order valence-electron chi connectivity index (χ0n) is 16.2. The molecule has 2 aromatic carbocycles. The average Bonchev–Trinajstić information content (AvgIpc) is 3.13. The molecule has 5 nitrogen and oxygen atoms in total. The van der Waals surface area contributed by atoms with Gasteiger partial charge in [-0.25, -0.2) is 4.79 Å². The Balaban J connectivity index is 2.03. The van der Waals surface area contributed by atoms with Gasteiger partial charge < -0.3 is 10.5 Å². The van der Waals surface area contributed by atoms with Crippen LogP contribution in [0.2, 0.25) is 0 Å². The minimum absolute atomic E-state index is 0.278. The number of primary amides is 1. The molecule has 0 spiro atoms. The average molecular weight is 404 g/mol. The monoisotopic (exact) mass is 404 g/mol. The summed E-state index contributed by atoms with van der Waals surface area (Å²) >= 11 is 1.32. The number of carbonyl (C=O) groups is 2. The van der Waals surface area contributed by atoms with Crippen molar-refractivity contribution >= 4 is 23.2 Å². The maximum atomic E-state index is 12.5. The molecular weight excluding hydrogens is 384 g/mol. The molecule has 0 saturated heterocycles. The number of ether oxygens (including phenoxy) is 1. The fourth-order valence-corrected chi connectivity index (χ4v) is 4.22. The number of rotatable bonds is 6. The van der Waals surface area contributed by atoms with Crippen LogP contribution >= 0.6 is 11.3 Å². The second-order valence-electron chi connectivity index (χ2n) is 6.31.